The number of aryl methyl sites for hydroxylation is 1. The smallest absolute Gasteiger partial charge is 0.139 e. The lowest BCUT2D eigenvalue weighted by Crippen LogP contribution is -1.84. The van der Waals surface area contributed by atoms with Crippen LogP contribution in [0.2, 0.25) is 0 Å². The number of imidazole rings is 1. The van der Waals surface area contributed by atoms with Crippen molar-refractivity contribution in [3.05, 3.63) is 46.7 Å². The van der Waals surface area contributed by atoms with Gasteiger partial charge in [0.1, 0.15) is 5.82 Å². The molecule has 4 heteroatoms. The van der Waals surface area contributed by atoms with Crippen molar-refractivity contribution in [2.45, 2.75) is 6.92 Å². The number of halogens is 1. The summed E-state index contributed by atoms with van der Waals surface area (Å²) in [5, 5.41) is 0. The molecule has 0 bridgehead atoms. The lowest BCUT2D eigenvalue weighted by molar-refractivity contribution is 1.30. The number of nitrogens with one attached hydrogen (secondary N) is 1. The molecule has 1 aromatic carbocycles. The number of hydrogen-bond acceptors (Lipinski definition) is 2. The van der Waals surface area contributed by atoms with E-state index in [1.807, 2.05) is 18.2 Å². The highest BCUT2D eigenvalue weighted by atomic mass is 79.9. The molecule has 2 heterocycles. The minimum absolute atomic E-state index is 0.864. The molecule has 3 aromatic rings. The topological polar surface area (TPSA) is 41.6 Å². The first kappa shape index (κ1) is 10.5. The predicted molar refractivity (Wildman–Crippen MR) is 71.8 cm³/mol. The second kappa shape index (κ2) is 3.96. The second-order valence-corrected chi connectivity index (χ2v) is 4.71. The standard InChI is InChI=1S/C13H10BrN3/c1-8-3-2-4-9(12(8)14)13-16-10-5-6-15-7-11(10)17-13/h2-7H,1H3,(H,16,17). The molecule has 0 saturated heterocycles. The van der Waals surface area contributed by atoms with Crippen molar-refractivity contribution in [3.8, 4) is 11.4 Å². The fraction of sp³-hybridized carbons (Fsp3) is 0.0769. The Morgan fingerprint density at radius 3 is 2.94 bits per heavy atom. The summed E-state index contributed by atoms with van der Waals surface area (Å²) in [5.74, 6) is 0.864. The highest BCUT2D eigenvalue weighted by molar-refractivity contribution is 9.10. The highest BCUT2D eigenvalue weighted by Gasteiger charge is 2.09. The van der Waals surface area contributed by atoms with Gasteiger partial charge in [0, 0.05) is 16.2 Å². The SMILES string of the molecule is Cc1cccc(-c2nc3ccncc3[nH]2)c1Br. The third-order valence-electron chi connectivity index (χ3n) is 2.73. The molecule has 2 aromatic heterocycles. The van der Waals surface area contributed by atoms with E-state index in [1.54, 1.807) is 12.4 Å². The Bertz CT molecular complexity index is 655. The molecule has 84 valence electrons. The molecule has 3 rings (SSSR count). The third-order valence-corrected chi connectivity index (χ3v) is 3.78. The maximum atomic E-state index is 4.56. The van der Waals surface area contributed by atoms with Crippen LogP contribution in [0.5, 0.6) is 0 Å². The van der Waals surface area contributed by atoms with Gasteiger partial charge < -0.3 is 4.98 Å². The molecule has 0 amide bonds. The van der Waals surface area contributed by atoms with Crippen molar-refractivity contribution >= 4 is 27.0 Å². The van der Waals surface area contributed by atoms with Crippen LogP contribution in [0.4, 0.5) is 0 Å². The molecular formula is C13H10BrN3. The van der Waals surface area contributed by atoms with Gasteiger partial charge in [-0.25, -0.2) is 4.98 Å². The van der Waals surface area contributed by atoms with Crippen LogP contribution in [0.1, 0.15) is 5.56 Å². The predicted octanol–water partition coefficient (Wildman–Crippen LogP) is 3.70. The van der Waals surface area contributed by atoms with Gasteiger partial charge in [0.25, 0.3) is 0 Å². The summed E-state index contributed by atoms with van der Waals surface area (Å²) in [4.78, 5) is 11.9. The molecule has 3 nitrogen and oxygen atoms in total. The van der Waals surface area contributed by atoms with E-state index in [2.05, 4.69) is 43.9 Å². The van der Waals surface area contributed by atoms with E-state index in [4.69, 9.17) is 0 Å². The van der Waals surface area contributed by atoms with Crippen LogP contribution in [0.3, 0.4) is 0 Å². The number of pyridine rings is 1. The van der Waals surface area contributed by atoms with E-state index in [1.165, 1.54) is 5.56 Å². The normalized spacial score (nSPS) is 10.9. The fourth-order valence-electron chi connectivity index (χ4n) is 1.81. The van der Waals surface area contributed by atoms with Crippen molar-refractivity contribution in [2.75, 3.05) is 0 Å². The second-order valence-electron chi connectivity index (χ2n) is 3.91. The summed E-state index contributed by atoms with van der Waals surface area (Å²) in [6, 6.07) is 8.04. The van der Waals surface area contributed by atoms with E-state index in [0.717, 1.165) is 26.9 Å². The van der Waals surface area contributed by atoms with E-state index >= 15 is 0 Å². The summed E-state index contributed by atoms with van der Waals surface area (Å²) in [6.07, 6.45) is 3.54. The van der Waals surface area contributed by atoms with Gasteiger partial charge in [0.2, 0.25) is 0 Å². The lowest BCUT2D eigenvalue weighted by atomic mass is 10.1. The van der Waals surface area contributed by atoms with Crippen molar-refractivity contribution in [3.63, 3.8) is 0 Å². The molecule has 17 heavy (non-hydrogen) atoms. The summed E-state index contributed by atoms with van der Waals surface area (Å²) in [7, 11) is 0. The number of hydrogen-bond donors (Lipinski definition) is 1. The number of rotatable bonds is 1. The first-order valence-electron chi connectivity index (χ1n) is 5.31. The highest BCUT2D eigenvalue weighted by Crippen LogP contribution is 2.29. The molecule has 0 aliphatic carbocycles. The number of benzene rings is 1. The number of nitrogens with zero attached hydrogens (tertiary/aromatic N) is 2. The van der Waals surface area contributed by atoms with Gasteiger partial charge in [-0.3, -0.25) is 4.98 Å². The number of fused-ring (bicyclic) bond motifs is 1. The molecule has 1 N–H and O–H groups in total. The first-order chi connectivity index (χ1) is 8.25. The number of H-pyrrole nitrogens is 1. The molecule has 0 fully saturated rings. The van der Waals surface area contributed by atoms with Crippen molar-refractivity contribution in [1.29, 1.82) is 0 Å². The minimum atomic E-state index is 0.864. The van der Waals surface area contributed by atoms with Crippen molar-refractivity contribution < 1.29 is 0 Å². The van der Waals surface area contributed by atoms with Gasteiger partial charge in [-0.05, 0) is 34.5 Å². The van der Waals surface area contributed by atoms with E-state index in [9.17, 15) is 0 Å². The molecule has 0 unspecified atom stereocenters. The van der Waals surface area contributed by atoms with Crippen LogP contribution in [0.25, 0.3) is 22.4 Å². The summed E-state index contributed by atoms with van der Waals surface area (Å²) in [5.41, 5.74) is 4.15. The molecule has 0 aliphatic heterocycles. The van der Waals surface area contributed by atoms with Gasteiger partial charge >= 0.3 is 0 Å². The zero-order valence-corrected chi connectivity index (χ0v) is 10.8. The molecule has 0 radical (unpaired) electrons. The zero-order valence-electron chi connectivity index (χ0n) is 9.24. The Labute approximate surface area is 107 Å². The Morgan fingerprint density at radius 1 is 1.24 bits per heavy atom. The average Bonchev–Trinajstić information content (AvgIpc) is 2.76. The maximum absolute atomic E-state index is 4.56. The van der Waals surface area contributed by atoms with Gasteiger partial charge in [0.15, 0.2) is 0 Å². The van der Waals surface area contributed by atoms with Crippen LogP contribution < -0.4 is 0 Å². The van der Waals surface area contributed by atoms with Gasteiger partial charge in [-0.2, -0.15) is 0 Å². The molecular weight excluding hydrogens is 278 g/mol. The van der Waals surface area contributed by atoms with E-state index < -0.39 is 0 Å². The average molecular weight is 288 g/mol. The summed E-state index contributed by atoms with van der Waals surface area (Å²) in [6.45, 7) is 2.07. The minimum Gasteiger partial charge on any atom is -0.337 e. The van der Waals surface area contributed by atoms with Crippen LogP contribution in [-0.4, -0.2) is 15.0 Å². The van der Waals surface area contributed by atoms with Gasteiger partial charge in [-0.15, -0.1) is 0 Å². The van der Waals surface area contributed by atoms with E-state index in [-0.39, 0.29) is 0 Å². The van der Waals surface area contributed by atoms with Gasteiger partial charge in [-0.1, -0.05) is 18.2 Å². The molecule has 0 aliphatic rings. The number of aromatic nitrogens is 3. The Hall–Kier alpha value is -1.68. The third kappa shape index (κ3) is 1.74. The largest absolute Gasteiger partial charge is 0.337 e. The zero-order chi connectivity index (χ0) is 11.8. The number of aromatic amines is 1. The van der Waals surface area contributed by atoms with Crippen molar-refractivity contribution in [1.82, 2.24) is 15.0 Å². The quantitative estimate of drug-likeness (QED) is 0.742. The summed E-state index contributed by atoms with van der Waals surface area (Å²) >= 11 is 3.60. The Balaban J connectivity index is 2.24. The molecule has 0 atom stereocenters. The van der Waals surface area contributed by atoms with Gasteiger partial charge in [0.05, 0.1) is 17.2 Å². The van der Waals surface area contributed by atoms with Crippen molar-refractivity contribution in [2.24, 2.45) is 0 Å². The lowest BCUT2D eigenvalue weighted by Gasteiger charge is -2.03. The summed E-state index contributed by atoms with van der Waals surface area (Å²) < 4.78 is 1.08. The van der Waals surface area contributed by atoms with Crippen LogP contribution >= 0.6 is 15.9 Å². The van der Waals surface area contributed by atoms with Crippen LogP contribution in [0, 0.1) is 6.92 Å². The fourth-order valence-corrected chi connectivity index (χ4v) is 2.27. The monoisotopic (exact) mass is 287 g/mol. The molecule has 0 saturated carbocycles. The Morgan fingerprint density at radius 2 is 2.12 bits per heavy atom. The Kier molecular flexibility index (Phi) is 2.44. The van der Waals surface area contributed by atoms with Crippen LogP contribution in [-0.2, 0) is 0 Å². The van der Waals surface area contributed by atoms with E-state index in [0.29, 0.717) is 0 Å². The maximum Gasteiger partial charge on any atom is 0.139 e. The molecule has 0 spiro atoms. The van der Waals surface area contributed by atoms with Crippen LogP contribution in [0.15, 0.2) is 41.1 Å². The first-order valence-corrected chi connectivity index (χ1v) is 6.10.